The topological polar surface area (TPSA) is 43.6 Å². The summed E-state index contributed by atoms with van der Waals surface area (Å²) in [6, 6.07) is 9.33. The van der Waals surface area contributed by atoms with Crippen LogP contribution in [0.1, 0.15) is 5.56 Å². The molecular weight excluding hydrogens is 327 g/mol. The minimum atomic E-state index is 0.637. The number of benzene rings is 1. The summed E-state index contributed by atoms with van der Waals surface area (Å²) in [6.07, 6.45) is 5.21. The third-order valence-corrected chi connectivity index (χ3v) is 4.34. The highest BCUT2D eigenvalue weighted by Crippen LogP contribution is 2.27. The van der Waals surface area contributed by atoms with Crippen LogP contribution >= 0.6 is 35.0 Å². The van der Waals surface area contributed by atoms with E-state index in [0.29, 0.717) is 10.0 Å². The quantitative estimate of drug-likeness (QED) is 0.667. The summed E-state index contributed by atoms with van der Waals surface area (Å²) < 4.78 is 1.80. The van der Waals surface area contributed by atoms with Crippen LogP contribution in [0.25, 0.3) is 5.82 Å². The zero-order valence-corrected chi connectivity index (χ0v) is 13.1. The summed E-state index contributed by atoms with van der Waals surface area (Å²) in [5, 5.41) is 10.5. The molecule has 7 heteroatoms. The average Bonchev–Trinajstić information content (AvgIpc) is 3.01. The molecular formula is C14H10Cl2N4S. The molecule has 0 aliphatic carbocycles. The van der Waals surface area contributed by atoms with E-state index in [9.17, 15) is 0 Å². The van der Waals surface area contributed by atoms with E-state index in [2.05, 4.69) is 15.2 Å². The van der Waals surface area contributed by atoms with Crippen molar-refractivity contribution in [1.29, 1.82) is 0 Å². The highest BCUT2D eigenvalue weighted by Gasteiger charge is 2.04. The first-order valence-electron chi connectivity index (χ1n) is 6.11. The van der Waals surface area contributed by atoms with Crippen LogP contribution in [0.5, 0.6) is 0 Å². The first-order chi connectivity index (χ1) is 10.2. The summed E-state index contributed by atoms with van der Waals surface area (Å²) in [5.41, 5.74) is 1.02. The van der Waals surface area contributed by atoms with Crippen LogP contribution in [0.15, 0.2) is 54.1 Å². The van der Waals surface area contributed by atoms with Gasteiger partial charge in [-0.3, -0.25) is 4.57 Å². The first-order valence-corrected chi connectivity index (χ1v) is 7.85. The first kappa shape index (κ1) is 14.4. The molecule has 0 aliphatic rings. The van der Waals surface area contributed by atoms with E-state index < -0.39 is 0 Å². The van der Waals surface area contributed by atoms with Crippen molar-refractivity contribution < 1.29 is 0 Å². The molecule has 0 saturated heterocycles. The maximum absolute atomic E-state index is 6.14. The molecule has 0 atom stereocenters. The van der Waals surface area contributed by atoms with Crippen molar-refractivity contribution >= 4 is 35.0 Å². The Morgan fingerprint density at radius 1 is 1.10 bits per heavy atom. The van der Waals surface area contributed by atoms with Gasteiger partial charge in [-0.2, -0.15) is 0 Å². The van der Waals surface area contributed by atoms with Gasteiger partial charge in [-0.1, -0.05) is 41.0 Å². The number of aromatic nitrogens is 4. The second-order valence-electron chi connectivity index (χ2n) is 4.22. The molecule has 106 valence electrons. The van der Waals surface area contributed by atoms with Crippen molar-refractivity contribution in [2.75, 3.05) is 0 Å². The van der Waals surface area contributed by atoms with Crippen molar-refractivity contribution in [1.82, 2.24) is 19.7 Å². The smallest absolute Gasteiger partial charge is 0.160 e. The number of halogens is 2. The molecule has 2 aromatic heterocycles. The van der Waals surface area contributed by atoms with Crippen LogP contribution in [0.2, 0.25) is 10.0 Å². The molecule has 1 aromatic carbocycles. The fraction of sp³-hybridized carbons (Fsp3) is 0.0714. The summed E-state index contributed by atoms with van der Waals surface area (Å²) in [7, 11) is 0. The second-order valence-corrected chi connectivity index (χ2v) is 6.06. The normalized spacial score (nSPS) is 10.8. The van der Waals surface area contributed by atoms with E-state index in [-0.39, 0.29) is 0 Å². The van der Waals surface area contributed by atoms with Gasteiger partial charge in [0.15, 0.2) is 5.82 Å². The standard InChI is InChI=1S/C14H10Cl2N4S/c15-11-2-1-10(12(16)7-11)8-21-14-4-3-13(18-19-14)20-6-5-17-9-20/h1-7,9H,8H2. The molecule has 2 heterocycles. The summed E-state index contributed by atoms with van der Waals surface area (Å²) in [5.74, 6) is 1.45. The molecule has 0 radical (unpaired) electrons. The summed E-state index contributed by atoms with van der Waals surface area (Å²) in [6.45, 7) is 0. The summed E-state index contributed by atoms with van der Waals surface area (Å²) in [4.78, 5) is 3.98. The number of rotatable bonds is 4. The van der Waals surface area contributed by atoms with Gasteiger partial charge in [0.2, 0.25) is 0 Å². The molecule has 0 N–H and O–H groups in total. The van der Waals surface area contributed by atoms with Gasteiger partial charge in [0.1, 0.15) is 11.4 Å². The van der Waals surface area contributed by atoms with Crippen LogP contribution in [0.4, 0.5) is 0 Å². The Morgan fingerprint density at radius 3 is 2.67 bits per heavy atom. The lowest BCUT2D eigenvalue weighted by molar-refractivity contribution is 0.861. The molecule has 0 spiro atoms. The van der Waals surface area contributed by atoms with Crippen molar-refractivity contribution in [2.24, 2.45) is 0 Å². The van der Waals surface area contributed by atoms with Gasteiger partial charge < -0.3 is 0 Å². The van der Waals surface area contributed by atoms with Crippen molar-refractivity contribution in [3.8, 4) is 5.82 Å². The molecule has 0 fully saturated rings. The average molecular weight is 337 g/mol. The van der Waals surface area contributed by atoms with Gasteiger partial charge in [0, 0.05) is 28.2 Å². The fourth-order valence-electron chi connectivity index (χ4n) is 1.71. The fourth-order valence-corrected chi connectivity index (χ4v) is 3.09. The molecule has 0 unspecified atom stereocenters. The van der Waals surface area contributed by atoms with Gasteiger partial charge >= 0.3 is 0 Å². The van der Waals surface area contributed by atoms with Crippen LogP contribution in [0, 0.1) is 0 Å². The van der Waals surface area contributed by atoms with Gasteiger partial charge in [-0.15, -0.1) is 10.2 Å². The van der Waals surface area contributed by atoms with E-state index >= 15 is 0 Å². The van der Waals surface area contributed by atoms with E-state index in [1.165, 1.54) is 0 Å². The van der Waals surface area contributed by atoms with E-state index in [1.807, 2.05) is 30.5 Å². The zero-order valence-electron chi connectivity index (χ0n) is 10.8. The summed E-state index contributed by atoms with van der Waals surface area (Å²) >= 11 is 13.6. The van der Waals surface area contributed by atoms with E-state index in [0.717, 1.165) is 22.2 Å². The minimum Gasteiger partial charge on any atom is -0.289 e. The Hall–Kier alpha value is -1.56. The van der Waals surface area contributed by atoms with Crippen LogP contribution in [0.3, 0.4) is 0 Å². The minimum absolute atomic E-state index is 0.637. The van der Waals surface area contributed by atoms with Crippen molar-refractivity contribution in [3.63, 3.8) is 0 Å². The van der Waals surface area contributed by atoms with Crippen molar-refractivity contribution in [2.45, 2.75) is 10.8 Å². The maximum Gasteiger partial charge on any atom is 0.160 e. The highest BCUT2D eigenvalue weighted by atomic mass is 35.5. The Morgan fingerprint density at radius 2 is 2.00 bits per heavy atom. The number of hydrogen-bond donors (Lipinski definition) is 0. The van der Waals surface area contributed by atoms with Gasteiger partial charge in [0.25, 0.3) is 0 Å². The Labute approximate surface area is 136 Å². The number of hydrogen-bond acceptors (Lipinski definition) is 4. The Kier molecular flexibility index (Phi) is 4.43. The maximum atomic E-state index is 6.14. The van der Waals surface area contributed by atoms with Gasteiger partial charge in [0.05, 0.1) is 0 Å². The molecule has 0 amide bonds. The van der Waals surface area contributed by atoms with Gasteiger partial charge in [-0.25, -0.2) is 4.98 Å². The number of nitrogens with zero attached hydrogens (tertiary/aromatic N) is 4. The predicted molar refractivity (Wildman–Crippen MR) is 85.2 cm³/mol. The largest absolute Gasteiger partial charge is 0.289 e. The Bertz CT molecular complexity index is 729. The lowest BCUT2D eigenvalue weighted by Gasteiger charge is -2.05. The Balaban J connectivity index is 1.68. The van der Waals surface area contributed by atoms with Crippen LogP contribution in [-0.2, 0) is 5.75 Å². The lowest BCUT2D eigenvalue weighted by Crippen LogP contribution is -1.97. The molecule has 3 aromatic rings. The molecule has 21 heavy (non-hydrogen) atoms. The SMILES string of the molecule is Clc1ccc(CSc2ccc(-n3ccnc3)nn2)c(Cl)c1. The number of thioether (sulfide) groups is 1. The molecule has 0 saturated carbocycles. The lowest BCUT2D eigenvalue weighted by atomic mass is 10.2. The van der Waals surface area contributed by atoms with Crippen LogP contribution < -0.4 is 0 Å². The van der Waals surface area contributed by atoms with E-state index in [1.54, 1.807) is 34.9 Å². The molecule has 0 aliphatic heterocycles. The molecule has 4 nitrogen and oxygen atoms in total. The highest BCUT2D eigenvalue weighted by molar-refractivity contribution is 7.98. The third kappa shape index (κ3) is 3.56. The third-order valence-electron chi connectivity index (χ3n) is 2.79. The molecule has 3 rings (SSSR count). The van der Waals surface area contributed by atoms with E-state index in [4.69, 9.17) is 23.2 Å². The zero-order chi connectivity index (χ0) is 14.7. The van der Waals surface area contributed by atoms with Crippen molar-refractivity contribution in [3.05, 3.63) is 64.7 Å². The van der Waals surface area contributed by atoms with Gasteiger partial charge in [-0.05, 0) is 29.8 Å². The monoisotopic (exact) mass is 336 g/mol. The predicted octanol–water partition coefficient (Wildman–Crippen LogP) is 4.26. The molecule has 0 bridgehead atoms. The number of imidazole rings is 1. The second kappa shape index (κ2) is 6.47. The van der Waals surface area contributed by atoms with Crippen LogP contribution in [-0.4, -0.2) is 19.7 Å².